The zero-order valence-corrected chi connectivity index (χ0v) is 14.3. The average Bonchev–Trinajstić information content (AvgIpc) is 3.05. The van der Waals surface area contributed by atoms with Gasteiger partial charge in [-0.1, -0.05) is 24.3 Å². The Hall–Kier alpha value is -3.15. The number of carbonyl (C=O) groups is 1. The van der Waals surface area contributed by atoms with Crippen LogP contribution in [0.3, 0.4) is 0 Å². The number of hydrogen-bond donors (Lipinski definition) is 3. The summed E-state index contributed by atoms with van der Waals surface area (Å²) in [4.78, 5) is 15.4. The summed E-state index contributed by atoms with van der Waals surface area (Å²) in [6.45, 7) is 0.519. The van der Waals surface area contributed by atoms with E-state index in [0.29, 0.717) is 23.7 Å². The molecule has 0 radical (unpaired) electrons. The lowest BCUT2D eigenvalue weighted by molar-refractivity contribution is 0.252. The number of methoxy groups -OCH3 is 2. The van der Waals surface area contributed by atoms with E-state index in [4.69, 9.17) is 9.47 Å². The highest BCUT2D eigenvalue weighted by Gasteiger charge is 2.13. The van der Waals surface area contributed by atoms with Crippen LogP contribution in [0.4, 0.5) is 10.5 Å². The number of benzene rings is 2. The fourth-order valence-electron chi connectivity index (χ4n) is 2.78. The van der Waals surface area contributed by atoms with E-state index in [1.165, 1.54) is 10.9 Å². The summed E-state index contributed by atoms with van der Waals surface area (Å²) in [5, 5.41) is 6.83. The highest BCUT2D eigenvalue weighted by molar-refractivity contribution is 5.93. The summed E-state index contributed by atoms with van der Waals surface area (Å²) in [6.07, 6.45) is 2.72. The van der Waals surface area contributed by atoms with Gasteiger partial charge >= 0.3 is 6.03 Å². The molecule has 0 saturated carbocycles. The maximum absolute atomic E-state index is 12.2. The second-order valence-electron chi connectivity index (χ2n) is 5.53. The van der Waals surface area contributed by atoms with Crippen molar-refractivity contribution >= 4 is 22.6 Å². The van der Waals surface area contributed by atoms with Crippen LogP contribution in [0.1, 0.15) is 5.56 Å². The largest absolute Gasteiger partial charge is 0.494 e. The molecule has 0 atom stereocenters. The number of fused-ring (bicyclic) bond motifs is 1. The Labute approximate surface area is 146 Å². The molecule has 2 amide bonds. The summed E-state index contributed by atoms with van der Waals surface area (Å²) >= 11 is 0. The molecule has 0 spiro atoms. The van der Waals surface area contributed by atoms with E-state index in [2.05, 4.69) is 21.7 Å². The summed E-state index contributed by atoms with van der Waals surface area (Å²) in [7, 11) is 3.10. The molecule has 6 heteroatoms. The Bertz CT molecular complexity index is 851. The van der Waals surface area contributed by atoms with Gasteiger partial charge in [0, 0.05) is 23.6 Å². The summed E-state index contributed by atoms with van der Waals surface area (Å²) in [6, 6.07) is 13.1. The van der Waals surface area contributed by atoms with E-state index in [1.807, 2.05) is 24.4 Å². The number of anilines is 1. The number of para-hydroxylation sites is 2. The molecule has 3 N–H and O–H groups in total. The number of rotatable bonds is 6. The molecule has 25 heavy (non-hydrogen) atoms. The molecule has 0 aliphatic heterocycles. The lowest BCUT2D eigenvalue weighted by Gasteiger charge is -2.14. The number of hydrogen-bond acceptors (Lipinski definition) is 3. The van der Waals surface area contributed by atoms with E-state index < -0.39 is 0 Å². The molecule has 0 aliphatic rings. The minimum absolute atomic E-state index is 0.303. The van der Waals surface area contributed by atoms with Gasteiger partial charge in [-0.3, -0.25) is 0 Å². The number of aromatic amines is 1. The Kier molecular flexibility index (Phi) is 5.09. The summed E-state index contributed by atoms with van der Waals surface area (Å²) in [5.41, 5.74) is 2.78. The Morgan fingerprint density at radius 1 is 1.04 bits per heavy atom. The number of H-pyrrole nitrogens is 1. The second kappa shape index (κ2) is 7.61. The molecule has 2 aromatic carbocycles. The van der Waals surface area contributed by atoms with Crippen molar-refractivity contribution in [2.45, 2.75) is 6.42 Å². The number of aromatic nitrogens is 1. The maximum Gasteiger partial charge on any atom is 0.319 e. The van der Waals surface area contributed by atoms with Gasteiger partial charge in [0.1, 0.15) is 17.2 Å². The molecule has 0 bridgehead atoms. The van der Waals surface area contributed by atoms with Crippen molar-refractivity contribution in [3.05, 3.63) is 54.2 Å². The SMILES string of the molecule is COc1cccc(OC)c1NC(=O)NCCc1c[nH]c2ccccc12. The highest BCUT2D eigenvalue weighted by atomic mass is 16.5. The quantitative estimate of drug-likeness (QED) is 0.643. The van der Waals surface area contributed by atoms with Crippen molar-refractivity contribution in [3.63, 3.8) is 0 Å². The van der Waals surface area contributed by atoms with Gasteiger partial charge in [0.05, 0.1) is 14.2 Å². The van der Waals surface area contributed by atoms with Crippen LogP contribution in [0.15, 0.2) is 48.7 Å². The van der Waals surface area contributed by atoms with Crippen molar-refractivity contribution < 1.29 is 14.3 Å². The zero-order chi connectivity index (χ0) is 17.6. The van der Waals surface area contributed by atoms with Crippen molar-refractivity contribution in [1.82, 2.24) is 10.3 Å². The standard InChI is InChI=1S/C19H21N3O3/c1-24-16-8-5-9-17(25-2)18(16)22-19(23)20-11-10-13-12-21-15-7-4-3-6-14(13)15/h3-9,12,21H,10-11H2,1-2H3,(H2,20,22,23). The molecule has 0 fully saturated rings. The molecule has 3 aromatic rings. The van der Waals surface area contributed by atoms with Gasteiger partial charge in [-0.05, 0) is 30.2 Å². The van der Waals surface area contributed by atoms with E-state index >= 15 is 0 Å². The maximum atomic E-state index is 12.2. The van der Waals surface area contributed by atoms with Crippen molar-refractivity contribution in [2.24, 2.45) is 0 Å². The fourth-order valence-corrected chi connectivity index (χ4v) is 2.78. The molecule has 130 valence electrons. The monoisotopic (exact) mass is 339 g/mol. The first-order valence-corrected chi connectivity index (χ1v) is 8.03. The van der Waals surface area contributed by atoms with Crippen molar-refractivity contribution in [2.75, 3.05) is 26.1 Å². The van der Waals surface area contributed by atoms with Gasteiger partial charge in [-0.2, -0.15) is 0 Å². The van der Waals surface area contributed by atoms with Gasteiger partial charge in [-0.15, -0.1) is 0 Å². The molecule has 0 saturated heterocycles. The van der Waals surface area contributed by atoms with Crippen LogP contribution in [0.5, 0.6) is 11.5 Å². The van der Waals surface area contributed by atoms with E-state index in [9.17, 15) is 4.79 Å². The number of nitrogens with one attached hydrogen (secondary N) is 3. The van der Waals surface area contributed by atoms with Crippen LogP contribution in [0.2, 0.25) is 0 Å². The van der Waals surface area contributed by atoms with Gasteiger partial charge in [0.15, 0.2) is 0 Å². The second-order valence-corrected chi connectivity index (χ2v) is 5.53. The van der Waals surface area contributed by atoms with Crippen LogP contribution in [0, 0.1) is 0 Å². The lowest BCUT2D eigenvalue weighted by atomic mass is 10.1. The normalized spacial score (nSPS) is 10.5. The smallest absolute Gasteiger partial charge is 0.319 e. The van der Waals surface area contributed by atoms with Crippen LogP contribution in [-0.4, -0.2) is 31.8 Å². The third-order valence-electron chi connectivity index (χ3n) is 4.02. The first-order valence-electron chi connectivity index (χ1n) is 8.03. The summed E-state index contributed by atoms with van der Waals surface area (Å²) < 4.78 is 10.5. The van der Waals surface area contributed by atoms with Gasteiger partial charge < -0.3 is 25.1 Å². The minimum Gasteiger partial charge on any atom is -0.494 e. The predicted molar refractivity (Wildman–Crippen MR) is 98.6 cm³/mol. The van der Waals surface area contributed by atoms with Crippen molar-refractivity contribution in [1.29, 1.82) is 0 Å². The number of urea groups is 1. The minimum atomic E-state index is -0.303. The molecular formula is C19H21N3O3. The third kappa shape index (κ3) is 3.68. The van der Waals surface area contributed by atoms with Crippen LogP contribution in [-0.2, 0) is 6.42 Å². The number of amides is 2. The highest BCUT2D eigenvalue weighted by Crippen LogP contribution is 2.33. The number of carbonyl (C=O) groups excluding carboxylic acids is 1. The molecule has 6 nitrogen and oxygen atoms in total. The predicted octanol–water partition coefficient (Wildman–Crippen LogP) is 3.55. The van der Waals surface area contributed by atoms with E-state index in [1.54, 1.807) is 32.4 Å². The molecule has 1 heterocycles. The number of ether oxygens (including phenoxy) is 2. The van der Waals surface area contributed by atoms with Gasteiger partial charge in [0.25, 0.3) is 0 Å². The van der Waals surface area contributed by atoms with Crippen molar-refractivity contribution in [3.8, 4) is 11.5 Å². The zero-order valence-electron chi connectivity index (χ0n) is 14.3. The van der Waals surface area contributed by atoms with E-state index in [0.717, 1.165) is 11.9 Å². The Morgan fingerprint density at radius 3 is 2.48 bits per heavy atom. The molecule has 0 unspecified atom stereocenters. The Balaban J connectivity index is 1.60. The van der Waals surface area contributed by atoms with Crippen LogP contribution < -0.4 is 20.1 Å². The molecule has 1 aromatic heterocycles. The van der Waals surface area contributed by atoms with Crippen LogP contribution >= 0.6 is 0 Å². The van der Waals surface area contributed by atoms with E-state index in [-0.39, 0.29) is 6.03 Å². The third-order valence-corrected chi connectivity index (χ3v) is 4.02. The fraction of sp³-hybridized carbons (Fsp3) is 0.211. The lowest BCUT2D eigenvalue weighted by Crippen LogP contribution is -2.30. The first-order chi connectivity index (χ1) is 12.2. The van der Waals surface area contributed by atoms with Crippen LogP contribution in [0.25, 0.3) is 10.9 Å². The average molecular weight is 339 g/mol. The van der Waals surface area contributed by atoms with Gasteiger partial charge in [0.2, 0.25) is 0 Å². The summed E-state index contributed by atoms with van der Waals surface area (Å²) in [5.74, 6) is 1.09. The molecule has 3 rings (SSSR count). The Morgan fingerprint density at radius 2 is 1.76 bits per heavy atom. The van der Waals surface area contributed by atoms with Gasteiger partial charge in [-0.25, -0.2) is 4.79 Å². The molecular weight excluding hydrogens is 318 g/mol. The molecule has 0 aliphatic carbocycles. The topological polar surface area (TPSA) is 75.4 Å². The first kappa shape index (κ1) is 16.7.